The van der Waals surface area contributed by atoms with Crippen LogP contribution in [0.25, 0.3) is 0 Å². The zero-order valence-electron chi connectivity index (χ0n) is 11.1. The van der Waals surface area contributed by atoms with E-state index in [0.717, 1.165) is 13.1 Å². The van der Waals surface area contributed by atoms with Gasteiger partial charge in [0.05, 0.1) is 6.10 Å². The van der Waals surface area contributed by atoms with Crippen molar-refractivity contribution in [2.75, 3.05) is 31.1 Å². The Bertz CT molecular complexity index is 311. The lowest BCUT2D eigenvalue weighted by atomic mass is 10.2. The van der Waals surface area contributed by atoms with E-state index in [1.807, 2.05) is 6.92 Å². The van der Waals surface area contributed by atoms with E-state index in [0.29, 0.717) is 13.1 Å². The van der Waals surface area contributed by atoms with Crippen molar-refractivity contribution in [1.82, 2.24) is 5.32 Å². The van der Waals surface area contributed by atoms with E-state index in [2.05, 4.69) is 48.3 Å². The molecule has 0 aliphatic rings. The lowest BCUT2D eigenvalue weighted by Crippen LogP contribution is -2.38. The summed E-state index contributed by atoms with van der Waals surface area (Å²) < 4.78 is 0. The van der Waals surface area contributed by atoms with Crippen molar-refractivity contribution < 1.29 is 5.11 Å². The molecule has 0 aliphatic heterocycles. The van der Waals surface area contributed by atoms with Gasteiger partial charge in [0.25, 0.3) is 0 Å². The molecule has 1 atom stereocenters. The lowest BCUT2D eigenvalue weighted by molar-refractivity contribution is 0.177. The van der Waals surface area contributed by atoms with Gasteiger partial charge in [-0.3, -0.25) is 0 Å². The quantitative estimate of drug-likeness (QED) is 0.757. The topological polar surface area (TPSA) is 35.5 Å². The Balaban J connectivity index is 2.56. The predicted molar refractivity (Wildman–Crippen MR) is 73.6 cm³/mol. The fourth-order valence-corrected chi connectivity index (χ4v) is 1.80. The van der Waals surface area contributed by atoms with Crippen LogP contribution >= 0.6 is 0 Å². The normalized spacial score (nSPS) is 12.5. The van der Waals surface area contributed by atoms with Crippen molar-refractivity contribution in [3.05, 3.63) is 29.8 Å². The summed E-state index contributed by atoms with van der Waals surface area (Å²) in [6, 6.07) is 8.43. The summed E-state index contributed by atoms with van der Waals surface area (Å²) in [5.74, 6) is 0. The molecule has 0 fully saturated rings. The van der Waals surface area contributed by atoms with Crippen LogP contribution in [0, 0.1) is 6.92 Å². The Morgan fingerprint density at radius 2 is 1.88 bits per heavy atom. The fourth-order valence-electron chi connectivity index (χ4n) is 1.80. The summed E-state index contributed by atoms with van der Waals surface area (Å²) in [4.78, 5) is 2.20. The van der Waals surface area contributed by atoms with Crippen LogP contribution in [0.5, 0.6) is 0 Å². The van der Waals surface area contributed by atoms with Gasteiger partial charge in [-0.2, -0.15) is 0 Å². The highest BCUT2D eigenvalue weighted by molar-refractivity contribution is 5.47. The number of rotatable bonds is 7. The minimum atomic E-state index is -0.323. The van der Waals surface area contributed by atoms with E-state index >= 15 is 0 Å². The van der Waals surface area contributed by atoms with Gasteiger partial charge < -0.3 is 15.3 Å². The standard InChI is InChI=1S/C14H24N2O/c1-4-15-10-14(17)11-16(5-2)13-8-6-12(3)7-9-13/h6-9,14-15,17H,4-5,10-11H2,1-3H3. The largest absolute Gasteiger partial charge is 0.390 e. The monoisotopic (exact) mass is 236 g/mol. The molecule has 17 heavy (non-hydrogen) atoms. The van der Waals surface area contributed by atoms with Crippen LogP contribution in [-0.2, 0) is 0 Å². The molecule has 0 saturated carbocycles. The Morgan fingerprint density at radius 1 is 1.24 bits per heavy atom. The van der Waals surface area contributed by atoms with Gasteiger partial charge in [-0.15, -0.1) is 0 Å². The maximum atomic E-state index is 9.89. The van der Waals surface area contributed by atoms with Crippen molar-refractivity contribution >= 4 is 5.69 Å². The van der Waals surface area contributed by atoms with Gasteiger partial charge in [0.15, 0.2) is 0 Å². The smallest absolute Gasteiger partial charge is 0.0839 e. The first-order valence-electron chi connectivity index (χ1n) is 6.37. The van der Waals surface area contributed by atoms with Crippen molar-refractivity contribution in [1.29, 1.82) is 0 Å². The minimum absolute atomic E-state index is 0.323. The van der Waals surface area contributed by atoms with Crippen LogP contribution in [0.2, 0.25) is 0 Å². The zero-order chi connectivity index (χ0) is 12.7. The second kappa shape index (κ2) is 7.30. The minimum Gasteiger partial charge on any atom is -0.390 e. The molecule has 0 aliphatic carbocycles. The van der Waals surface area contributed by atoms with Gasteiger partial charge >= 0.3 is 0 Å². The molecular weight excluding hydrogens is 212 g/mol. The van der Waals surface area contributed by atoms with E-state index < -0.39 is 0 Å². The summed E-state index contributed by atoms with van der Waals surface area (Å²) >= 11 is 0. The van der Waals surface area contributed by atoms with E-state index in [1.165, 1.54) is 11.3 Å². The van der Waals surface area contributed by atoms with Crippen LogP contribution in [0.1, 0.15) is 19.4 Å². The molecule has 1 unspecified atom stereocenters. The first-order chi connectivity index (χ1) is 8.17. The number of hydrogen-bond acceptors (Lipinski definition) is 3. The van der Waals surface area contributed by atoms with Gasteiger partial charge in [0, 0.05) is 25.3 Å². The number of hydrogen-bond donors (Lipinski definition) is 2. The van der Waals surface area contributed by atoms with Crippen molar-refractivity contribution in [3.63, 3.8) is 0 Å². The van der Waals surface area contributed by atoms with Gasteiger partial charge in [-0.1, -0.05) is 24.6 Å². The van der Waals surface area contributed by atoms with Crippen LogP contribution in [0.4, 0.5) is 5.69 Å². The summed E-state index contributed by atoms with van der Waals surface area (Å²) in [6.45, 7) is 9.37. The van der Waals surface area contributed by atoms with Crippen LogP contribution in [-0.4, -0.2) is 37.4 Å². The zero-order valence-corrected chi connectivity index (χ0v) is 11.1. The molecule has 0 saturated heterocycles. The average molecular weight is 236 g/mol. The molecule has 3 nitrogen and oxygen atoms in total. The highest BCUT2D eigenvalue weighted by atomic mass is 16.3. The van der Waals surface area contributed by atoms with Crippen LogP contribution in [0.15, 0.2) is 24.3 Å². The Hall–Kier alpha value is -1.06. The summed E-state index contributed by atoms with van der Waals surface area (Å²) in [7, 11) is 0. The number of aryl methyl sites for hydroxylation is 1. The number of benzene rings is 1. The molecule has 0 spiro atoms. The maximum Gasteiger partial charge on any atom is 0.0839 e. The molecule has 0 amide bonds. The van der Waals surface area contributed by atoms with Crippen LogP contribution < -0.4 is 10.2 Å². The van der Waals surface area contributed by atoms with E-state index in [4.69, 9.17) is 0 Å². The Morgan fingerprint density at radius 3 is 2.41 bits per heavy atom. The average Bonchev–Trinajstić information content (AvgIpc) is 2.34. The number of anilines is 1. The molecule has 0 aromatic heterocycles. The first-order valence-corrected chi connectivity index (χ1v) is 6.37. The van der Waals surface area contributed by atoms with Gasteiger partial charge in [0.1, 0.15) is 0 Å². The van der Waals surface area contributed by atoms with Gasteiger partial charge in [-0.05, 0) is 32.5 Å². The Labute approximate surface area is 104 Å². The molecule has 1 aromatic rings. The molecule has 2 N–H and O–H groups in total. The van der Waals surface area contributed by atoms with E-state index in [1.54, 1.807) is 0 Å². The number of nitrogens with one attached hydrogen (secondary N) is 1. The third kappa shape index (κ3) is 4.75. The number of aliphatic hydroxyl groups excluding tert-OH is 1. The lowest BCUT2D eigenvalue weighted by Gasteiger charge is -2.26. The van der Waals surface area contributed by atoms with Gasteiger partial charge in [-0.25, -0.2) is 0 Å². The summed E-state index contributed by atoms with van der Waals surface area (Å²) in [5, 5.41) is 13.1. The second-order valence-corrected chi connectivity index (χ2v) is 4.34. The molecule has 0 bridgehead atoms. The summed E-state index contributed by atoms with van der Waals surface area (Å²) in [6.07, 6.45) is -0.323. The van der Waals surface area contributed by atoms with E-state index in [-0.39, 0.29) is 6.10 Å². The van der Waals surface area contributed by atoms with Crippen molar-refractivity contribution in [2.24, 2.45) is 0 Å². The predicted octanol–water partition coefficient (Wildman–Crippen LogP) is 1.79. The number of nitrogens with zero attached hydrogens (tertiary/aromatic N) is 1. The second-order valence-electron chi connectivity index (χ2n) is 4.34. The molecule has 1 aromatic carbocycles. The highest BCUT2D eigenvalue weighted by Gasteiger charge is 2.10. The van der Waals surface area contributed by atoms with Crippen molar-refractivity contribution in [2.45, 2.75) is 26.9 Å². The third-order valence-electron chi connectivity index (χ3n) is 2.84. The maximum absolute atomic E-state index is 9.89. The fraction of sp³-hybridized carbons (Fsp3) is 0.571. The van der Waals surface area contributed by atoms with Crippen LogP contribution in [0.3, 0.4) is 0 Å². The SMILES string of the molecule is CCNCC(O)CN(CC)c1ccc(C)cc1. The van der Waals surface area contributed by atoms with Crippen molar-refractivity contribution in [3.8, 4) is 0 Å². The van der Waals surface area contributed by atoms with E-state index in [9.17, 15) is 5.11 Å². The molecule has 1 rings (SSSR count). The van der Waals surface area contributed by atoms with Gasteiger partial charge in [0.2, 0.25) is 0 Å². The summed E-state index contributed by atoms with van der Waals surface area (Å²) in [5.41, 5.74) is 2.44. The number of likely N-dealkylation sites (N-methyl/N-ethyl adjacent to an activating group) is 2. The molecule has 3 heteroatoms. The Kier molecular flexibility index (Phi) is 6.01. The molecular formula is C14H24N2O. The highest BCUT2D eigenvalue weighted by Crippen LogP contribution is 2.14. The molecule has 0 radical (unpaired) electrons. The first kappa shape index (κ1) is 14.0. The number of aliphatic hydroxyl groups is 1. The third-order valence-corrected chi connectivity index (χ3v) is 2.84. The molecule has 0 heterocycles. The molecule has 96 valence electrons.